The standard InChI is InChI=1S/C16H14FN5OS/c17-10-2-1-3-11(18)9(10)8-21-15(23)14-5-4-13(24-14)12-6-7-20-16(19)22-12/h1-7H,8,18H2,(H,21,23)(H2,19,20,22)/p+1. The van der Waals surface area contributed by atoms with Crippen molar-refractivity contribution in [3.05, 3.63) is 58.9 Å². The molecule has 0 saturated carbocycles. The Morgan fingerprint density at radius 2 is 2.08 bits per heavy atom. The van der Waals surface area contributed by atoms with Gasteiger partial charge in [-0.05, 0) is 24.3 Å². The van der Waals surface area contributed by atoms with Crippen molar-refractivity contribution in [2.24, 2.45) is 0 Å². The molecular weight excluding hydrogens is 329 g/mol. The lowest BCUT2D eigenvalue weighted by atomic mass is 10.1. The molecule has 122 valence electrons. The monoisotopic (exact) mass is 344 g/mol. The molecule has 2 heterocycles. The Labute approximate surface area is 141 Å². The van der Waals surface area contributed by atoms with Gasteiger partial charge in [-0.2, -0.15) is 0 Å². The second-order valence-electron chi connectivity index (χ2n) is 5.01. The van der Waals surface area contributed by atoms with Crippen LogP contribution >= 0.6 is 11.3 Å². The van der Waals surface area contributed by atoms with Crippen LogP contribution in [0.2, 0.25) is 0 Å². The van der Waals surface area contributed by atoms with Crippen molar-refractivity contribution in [2.45, 2.75) is 6.54 Å². The maximum Gasteiger partial charge on any atom is 0.387 e. The minimum Gasteiger partial charge on any atom is -0.398 e. The van der Waals surface area contributed by atoms with E-state index in [1.54, 1.807) is 30.5 Å². The van der Waals surface area contributed by atoms with Gasteiger partial charge in [-0.25, -0.2) is 9.37 Å². The summed E-state index contributed by atoms with van der Waals surface area (Å²) < 4.78 is 13.7. The zero-order valence-corrected chi connectivity index (χ0v) is 13.4. The number of nitrogen functional groups attached to an aromatic ring is 2. The highest BCUT2D eigenvalue weighted by molar-refractivity contribution is 7.17. The molecule has 1 aromatic carbocycles. The molecule has 8 heteroatoms. The number of hydrogen-bond donors (Lipinski definition) is 3. The summed E-state index contributed by atoms with van der Waals surface area (Å²) >= 11 is 1.28. The molecule has 0 aliphatic rings. The van der Waals surface area contributed by atoms with E-state index < -0.39 is 5.82 Å². The van der Waals surface area contributed by atoms with E-state index in [2.05, 4.69) is 15.3 Å². The Hall–Kier alpha value is -3.00. The summed E-state index contributed by atoms with van der Waals surface area (Å²) in [6.45, 7) is 0.0239. The Kier molecular flexibility index (Phi) is 4.39. The van der Waals surface area contributed by atoms with Crippen molar-refractivity contribution < 1.29 is 14.2 Å². The topological polar surface area (TPSA) is 108 Å². The van der Waals surface area contributed by atoms with Gasteiger partial charge in [0.15, 0.2) is 5.69 Å². The van der Waals surface area contributed by atoms with Crippen molar-refractivity contribution in [1.29, 1.82) is 0 Å². The van der Waals surface area contributed by atoms with Gasteiger partial charge < -0.3 is 11.1 Å². The fourth-order valence-corrected chi connectivity index (χ4v) is 3.05. The van der Waals surface area contributed by atoms with E-state index in [9.17, 15) is 9.18 Å². The number of hydrogen-bond acceptors (Lipinski definition) is 5. The van der Waals surface area contributed by atoms with Crippen LogP contribution in [0.5, 0.6) is 0 Å². The SMILES string of the molecule is Nc1nc(-c2ccc(C(=O)NCc3c(N)cccc3F)s2)cc[nH+]1. The summed E-state index contributed by atoms with van der Waals surface area (Å²) in [5.41, 5.74) is 12.6. The second kappa shape index (κ2) is 6.63. The molecule has 3 aromatic rings. The summed E-state index contributed by atoms with van der Waals surface area (Å²) in [7, 11) is 0. The molecule has 0 bridgehead atoms. The third-order valence-electron chi connectivity index (χ3n) is 3.38. The third-order valence-corrected chi connectivity index (χ3v) is 4.48. The van der Waals surface area contributed by atoms with E-state index in [4.69, 9.17) is 11.5 Å². The Balaban J connectivity index is 1.72. The zero-order chi connectivity index (χ0) is 17.1. The Morgan fingerprint density at radius 1 is 1.25 bits per heavy atom. The number of carbonyl (C=O) groups is 1. The van der Waals surface area contributed by atoms with Crippen molar-refractivity contribution in [3.8, 4) is 10.6 Å². The molecule has 1 amide bonds. The van der Waals surface area contributed by atoms with Crippen LogP contribution in [0, 0.1) is 5.82 Å². The molecule has 0 unspecified atom stereocenters. The van der Waals surface area contributed by atoms with Crippen LogP contribution in [-0.2, 0) is 6.54 Å². The highest BCUT2D eigenvalue weighted by atomic mass is 32.1. The molecule has 0 saturated heterocycles. The number of rotatable bonds is 4. The van der Waals surface area contributed by atoms with Crippen LogP contribution in [0.4, 0.5) is 16.0 Å². The van der Waals surface area contributed by atoms with Gasteiger partial charge in [-0.15, -0.1) is 11.3 Å². The lowest BCUT2D eigenvalue weighted by Crippen LogP contribution is -2.23. The number of amides is 1. The summed E-state index contributed by atoms with van der Waals surface area (Å²) in [5, 5.41) is 2.67. The summed E-state index contributed by atoms with van der Waals surface area (Å²) in [5.74, 6) is -0.450. The Bertz CT molecular complexity index is 875. The van der Waals surface area contributed by atoms with Gasteiger partial charge in [-0.1, -0.05) is 11.1 Å². The van der Waals surface area contributed by atoms with Crippen molar-refractivity contribution in [3.63, 3.8) is 0 Å². The smallest absolute Gasteiger partial charge is 0.387 e. The van der Waals surface area contributed by atoms with Crippen molar-refractivity contribution in [1.82, 2.24) is 10.3 Å². The predicted molar refractivity (Wildman–Crippen MR) is 90.5 cm³/mol. The van der Waals surface area contributed by atoms with Crippen molar-refractivity contribution >= 4 is 28.9 Å². The molecule has 6 N–H and O–H groups in total. The minimum atomic E-state index is -0.442. The van der Waals surface area contributed by atoms with Crippen LogP contribution in [-0.4, -0.2) is 10.9 Å². The maximum atomic E-state index is 13.7. The number of thiophene rings is 1. The normalized spacial score (nSPS) is 10.5. The number of aromatic nitrogens is 2. The number of nitrogens with zero attached hydrogens (tertiary/aromatic N) is 1. The van der Waals surface area contributed by atoms with E-state index in [0.29, 0.717) is 22.2 Å². The number of aromatic amines is 1. The number of nitrogens with one attached hydrogen (secondary N) is 2. The van der Waals surface area contributed by atoms with E-state index >= 15 is 0 Å². The van der Waals surface area contributed by atoms with Gasteiger partial charge in [0.2, 0.25) is 0 Å². The largest absolute Gasteiger partial charge is 0.398 e. The molecule has 0 spiro atoms. The molecular formula is C16H15FN5OS+. The van der Waals surface area contributed by atoms with E-state index in [-0.39, 0.29) is 18.0 Å². The molecule has 0 radical (unpaired) electrons. The average molecular weight is 344 g/mol. The van der Waals surface area contributed by atoms with E-state index in [1.807, 2.05) is 0 Å². The molecule has 0 fully saturated rings. The molecule has 24 heavy (non-hydrogen) atoms. The minimum absolute atomic E-state index is 0.0239. The lowest BCUT2D eigenvalue weighted by molar-refractivity contribution is -0.364. The van der Waals surface area contributed by atoms with Gasteiger partial charge in [0, 0.05) is 23.9 Å². The van der Waals surface area contributed by atoms with Crippen LogP contribution < -0.4 is 21.8 Å². The van der Waals surface area contributed by atoms with Crippen molar-refractivity contribution in [2.75, 3.05) is 11.5 Å². The average Bonchev–Trinajstić information content (AvgIpc) is 3.04. The highest BCUT2D eigenvalue weighted by Crippen LogP contribution is 2.26. The number of halogens is 1. The zero-order valence-electron chi connectivity index (χ0n) is 12.5. The van der Waals surface area contributed by atoms with Crippen LogP contribution in [0.1, 0.15) is 15.2 Å². The van der Waals surface area contributed by atoms with Crippen LogP contribution in [0.25, 0.3) is 10.6 Å². The van der Waals surface area contributed by atoms with Gasteiger partial charge in [-0.3, -0.25) is 10.5 Å². The third kappa shape index (κ3) is 3.33. The molecule has 6 nitrogen and oxygen atoms in total. The second-order valence-corrected chi connectivity index (χ2v) is 6.10. The maximum absolute atomic E-state index is 13.7. The number of carbonyl (C=O) groups excluding carboxylic acids is 1. The first-order valence-electron chi connectivity index (χ1n) is 7.10. The number of benzene rings is 1. The first kappa shape index (κ1) is 15.9. The van der Waals surface area contributed by atoms with Gasteiger partial charge in [0.25, 0.3) is 5.91 Å². The number of nitrogens with two attached hydrogens (primary N) is 2. The molecule has 0 aliphatic heterocycles. The fourth-order valence-electron chi connectivity index (χ4n) is 2.16. The Morgan fingerprint density at radius 3 is 2.83 bits per heavy atom. The number of H-pyrrole nitrogens is 1. The van der Waals surface area contributed by atoms with E-state index in [1.165, 1.54) is 23.5 Å². The molecule has 3 rings (SSSR count). The fraction of sp³-hybridized carbons (Fsp3) is 0.0625. The molecule has 0 atom stereocenters. The quantitative estimate of drug-likeness (QED) is 0.628. The van der Waals surface area contributed by atoms with E-state index in [0.717, 1.165) is 4.88 Å². The summed E-state index contributed by atoms with van der Waals surface area (Å²) in [6.07, 6.45) is 1.68. The van der Waals surface area contributed by atoms with Crippen LogP contribution in [0.15, 0.2) is 42.6 Å². The van der Waals surface area contributed by atoms with Crippen LogP contribution in [0.3, 0.4) is 0 Å². The molecule has 2 aromatic heterocycles. The lowest BCUT2D eigenvalue weighted by Gasteiger charge is -2.07. The predicted octanol–water partition coefficient (Wildman–Crippen LogP) is 1.86. The summed E-state index contributed by atoms with van der Waals surface area (Å²) in [6, 6.07) is 9.68. The van der Waals surface area contributed by atoms with Gasteiger partial charge in [0.1, 0.15) is 5.82 Å². The van der Waals surface area contributed by atoms with Gasteiger partial charge >= 0.3 is 5.95 Å². The summed E-state index contributed by atoms with van der Waals surface area (Å²) in [4.78, 5) is 20.5. The number of anilines is 2. The van der Waals surface area contributed by atoms with Gasteiger partial charge in [0.05, 0.1) is 16.0 Å². The molecule has 0 aliphatic carbocycles. The first-order chi connectivity index (χ1) is 11.5. The first-order valence-corrected chi connectivity index (χ1v) is 7.91. The highest BCUT2D eigenvalue weighted by Gasteiger charge is 2.14.